The Labute approximate surface area is 111 Å². The van der Waals surface area contributed by atoms with Crippen LogP contribution < -0.4 is 10.6 Å². The molecule has 5 heteroatoms. The number of nitrogens with one attached hydrogen (secondary N) is 2. The molecule has 1 aliphatic heterocycles. The number of hydrogen-bond acceptors (Lipinski definition) is 3. The quantitative estimate of drug-likeness (QED) is 0.840. The van der Waals surface area contributed by atoms with Gasteiger partial charge in [-0.1, -0.05) is 0 Å². The second-order valence-corrected chi connectivity index (χ2v) is 4.72. The van der Waals surface area contributed by atoms with Crippen LogP contribution in [0.5, 0.6) is 0 Å². The molecule has 16 heavy (non-hydrogen) atoms. The summed E-state index contributed by atoms with van der Waals surface area (Å²) in [6.45, 7) is 3.18. The molecule has 2 N–H and O–H groups in total. The number of halogens is 2. The van der Waals surface area contributed by atoms with Gasteiger partial charge in [-0.3, -0.25) is 0 Å². The minimum atomic E-state index is 0. The number of piperidine rings is 1. The second-order valence-electron chi connectivity index (χ2n) is 3.91. The van der Waals surface area contributed by atoms with Crippen LogP contribution in [0.25, 0.3) is 0 Å². The molecule has 0 unspecified atom stereocenters. The predicted molar refractivity (Wildman–Crippen MR) is 71.9 cm³/mol. The first kappa shape index (κ1) is 13.9. The number of aromatic nitrogens is 1. The van der Waals surface area contributed by atoms with Gasteiger partial charge in [-0.05, 0) is 53.0 Å². The monoisotopic (exact) mass is 305 g/mol. The number of nitrogens with zero attached hydrogens (tertiary/aromatic N) is 1. The Morgan fingerprint density at radius 2 is 2.44 bits per heavy atom. The van der Waals surface area contributed by atoms with E-state index in [0.29, 0.717) is 6.04 Å². The van der Waals surface area contributed by atoms with Gasteiger partial charge < -0.3 is 10.6 Å². The summed E-state index contributed by atoms with van der Waals surface area (Å²) in [5.74, 6) is 0. The molecule has 1 aliphatic rings. The molecule has 0 saturated carbocycles. The standard InChI is InChI=1S/C11H16BrN3.ClH/c12-11-6-9(3-5-14-11)7-15-10-2-1-4-13-8-10;/h3,5-6,10,13,15H,1-2,4,7-8H2;1H/t10-;/m0./s1. The van der Waals surface area contributed by atoms with Gasteiger partial charge in [0.15, 0.2) is 0 Å². The Bertz CT molecular complexity index is 316. The minimum Gasteiger partial charge on any atom is -0.315 e. The fourth-order valence-electron chi connectivity index (χ4n) is 1.84. The van der Waals surface area contributed by atoms with Crippen molar-refractivity contribution in [2.24, 2.45) is 0 Å². The van der Waals surface area contributed by atoms with Gasteiger partial charge in [-0.15, -0.1) is 12.4 Å². The molecule has 1 saturated heterocycles. The van der Waals surface area contributed by atoms with Crippen LogP contribution in [0, 0.1) is 0 Å². The molecule has 0 aromatic carbocycles. The summed E-state index contributed by atoms with van der Waals surface area (Å²) in [6.07, 6.45) is 4.39. The van der Waals surface area contributed by atoms with E-state index in [1.165, 1.54) is 24.9 Å². The van der Waals surface area contributed by atoms with Crippen molar-refractivity contribution < 1.29 is 0 Å². The summed E-state index contributed by atoms with van der Waals surface area (Å²) < 4.78 is 0.906. The van der Waals surface area contributed by atoms with Gasteiger partial charge in [-0.2, -0.15) is 0 Å². The topological polar surface area (TPSA) is 37.0 Å². The number of hydrogen-bond donors (Lipinski definition) is 2. The molecule has 2 heterocycles. The summed E-state index contributed by atoms with van der Waals surface area (Å²) >= 11 is 3.38. The third-order valence-corrected chi connectivity index (χ3v) is 3.12. The van der Waals surface area contributed by atoms with E-state index in [-0.39, 0.29) is 12.4 Å². The summed E-state index contributed by atoms with van der Waals surface area (Å²) in [4.78, 5) is 4.11. The zero-order chi connectivity index (χ0) is 10.5. The van der Waals surface area contributed by atoms with Gasteiger partial charge in [0.1, 0.15) is 4.60 Å². The van der Waals surface area contributed by atoms with Crippen LogP contribution in [-0.2, 0) is 6.54 Å². The van der Waals surface area contributed by atoms with Crippen molar-refractivity contribution in [1.29, 1.82) is 0 Å². The van der Waals surface area contributed by atoms with Crippen LogP contribution in [0.4, 0.5) is 0 Å². The van der Waals surface area contributed by atoms with Crippen molar-refractivity contribution in [2.45, 2.75) is 25.4 Å². The van der Waals surface area contributed by atoms with E-state index in [0.717, 1.165) is 17.7 Å². The molecule has 1 aromatic heterocycles. The van der Waals surface area contributed by atoms with Crippen molar-refractivity contribution in [3.63, 3.8) is 0 Å². The van der Waals surface area contributed by atoms with E-state index in [4.69, 9.17) is 0 Å². The Morgan fingerprint density at radius 3 is 3.12 bits per heavy atom. The molecule has 0 radical (unpaired) electrons. The molecule has 2 rings (SSSR count). The first-order valence-corrected chi connectivity index (χ1v) is 6.18. The SMILES string of the molecule is Brc1cc(CN[C@H]2CCCNC2)ccn1.Cl. The van der Waals surface area contributed by atoms with Gasteiger partial charge in [0.05, 0.1) is 0 Å². The van der Waals surface area contributed by atoms with Crippen LogP contribution in [0.2, 0.25) is 0 Å². The van der Waals surface area contributed by atoms with Crippen molar-refractivity contribution >= 4 is 28.3 Å². The maximum Gasteiger partial charge on any atom is 0.106 e. The molecule has 0 spiro atoms. The average molecular weight is 307 g/mol. The maximum atomic E-state index is 4.11. The summed E-state index contributed by atoms with van der Waals surface area (Å²) in [7, 11) is 0. The Balaban J connectivity index is 0.00000128. The molecule has 0 amide bonds. The highest BCUT2D eigenvalue weighted by atomic mass is 79.9. The highest BCUT2D eigenvalue weighted by Gasteiger charge is 2.11. The molecule has 1 atom stereocenters. The molecule has 1 aromatic rings. The normalized spacial score (nSPS) is 20.2. The van der Waals surface area contributed by atoms with E-state index in [1.54, 1.807) is 0 Å². The van der Waals surface area contributed by atoms with E-state index < -0.39 is 0 Å². The highest BCUT2D eigenvalue weighted by molar-refractivity contribution is 9.10. The fourth-order valence-corrected chi connectivity index (χ4v) is 2.25. The first-order chi connectivity index (χ1) is 7.34. The van der Waals surface area contributed by atoms with Crippen LogP contribution in [-0.4, -0.2) is 24.1 Å². The van der Waals surface area contributed by atoms with E-state index >= 15 is 0 Å². The van der Waals surface area contributed by atoms with Crippen LogP contribution in [0.1, 0.15) is 18.4 Å². The first-order valence-electron chi connectivity index (χ1n) is 5.39. The summed E-state index contributed by atoms with van der Waals surface area (Å²) in [6, 6.07) is 4.72. The van der Waals surface area contributed by atoms with Crippen LogP contribution >= 0.6 is 28.3 Å². The molecule has 0 bridgehead atoms. The molecule has 3 nitrogen and oxygen atoms in total. The molecule has 90 valence electrons. The van der Waals surface area contributed by atoms with Gasteiger partial charge in [0.2, 0.25) is 0 Å². The molecular formula is C11H17BrClN3. The molecule has 0 aliphatic carbocycles. The van der Waals surface area contributed by atoms with E-state index in [9.17, 15) is 0 Å². The van der Waals surface area contributed by atoms with Crippen molar-refractivity contribution in [2.75, 3.05) is 13.1 Å². The largest absolute Gasteiger partial charge is 0.315 e. The van der Waals surface area contributed by atoms with Gasteiger partial charge in [-0.25, -0.2) is 4.98 Å². The van der Waals surface area contributed by atoms with Crippen LogP contribution in [0.15, 0.2) is 22.9 Å². The maximum absolute atomic E-state index is 4.11. The third kappa shape index (κ3) is 4.37. The Kier molecular flexibility index (Phi) is 6.28. The smallest absolute Gasteiger partial charge is 0.106 e. The van der Waals surface area contributed by atoms with Crippen LogP contribution in [0.3, 0.4) is 0 Å². The van der Waals surface area contributed by atoms with Gasteiger partial charge in [0, 0.05) is 25.3 Å². The third-order valence-electron chi connectivity index (χ3n) is 2.68. The lowest BCUT2D eigenvalue weighted by atomic mass is 10.1. The van der Waals surface area contributed by atoms with Crippen molar-refractivity contribution in [3.05, 3.63) is 28.5 Å². The molecule has 1 fully saturated rings. The van der Waals surface area contributed by atoms with Gasteiger partial charge >= 0.3 is 0 Å². The zero-order valence-electron chi connectivity index (χ0n) is 9.08. The highest BCUT2D eigenvalue weighted by Crippen LogP contribution is 2.09. The van der Waals surface area contributed by atoms with E-state index in [2.05, 4.69) is 37.6 Å². The lowest BCUT2D eigenvalue weighted by Gasteiger charge is -2.23. The minimum absolute atomic E-state index is 0. The van der Waals surface area contributed by atoms with Crippen molar-refractivity contribution in [3.8, 4) is 0 Å². The lowest BCUT2D eigenvalue weighted by Crippen LogP contribution is -2.42. The lowest BCUT2D eigenvalue weighted by molar-refractivity contribution is 0.389. The Morgan fingerprint density at radius 1 is 1.56 bits per heavy atom. The van der Waals surface area contributed by atoms with Gasteiger partial charge in [0.25, 0.3) is 0 Å². The predicted octanol–water partition coefficient (Wildman–Crippen LogP) is 2.11. The Hall–Kier alpha value is -0.160. The second kappa shape index (κ2) is 7.22. The summed E-state index contributed by atoms with van der Waals surface area (Å²) in [5, 5.41) is 6.95. The van der Waals surface area contributed by atoms with Crippen molar-refractivity contribution in [1.82, 2.24) is 15.6 Å². The fraction of sp³-hybridized carbons (Fsp3) is 0.545. The molecular weight excluding hydrogens is 289 g/mol. The number of rotatable bonds is 3. The zero-order valence-corrected chi connectivity index (χ0v) is 11.5. The summed E-state index contributed by atoms with van der Waals surface area (Å²) in [5.41, 5.74) is 1.28. The van der Waals surface area contributed by atoms with E-state index in [1.807, 2.05) is 12.3 Å². The average Bonchev–Trinajstić information content (AvgIpc) is 2.28. The number of pyridine rings is 1.